The van der Waals surface area contributed by atoms with E-state index in [0.29, 0.717) is 0 Å². The summed E-state index contributed by atoms with van der Waals surface area (Å²) in [6, 6.07) is -0.120. The van der Waals surface area contributed by atoms with Gasteiger partial charge in [-0.3, -0.25) is 4.99 Å². The second-order valence-corrected chi connectivity index (χ2v) is 4.37. The van der Waals surface area contributed by atoms with Gasteiger partial charge in [-0.25, -0.2) is 4.99 Å². The molecule has 1 aliphatic rings. The Balaban J connectivity index is 3.25. The average Bonchev–Trinajstić information content (AvgIpc) is 2.84. The lowest BCUT2D eigenvalue weighted by Gasteiger charge is -2.11. The summed E-state index contributed by atoms with van der Waals surface area (Å²) < 4.78 is 0. The van der Waals surface area contributed by atoms with Gasteiger partial charge >= 0.3 is 0 Å². The smallest absolute Gasteiger partial charge is 0.155 e. The summed E-state index contributed by atoms with van der Waals surface area (Å²) in [5.74, 6) is 0.726. The van der Waals surface area contributed by atoms with E-state index in [1.807, 2.05) is 13.0 Å². The van der Waals surface area contributed by atoms with E-state index in [1.165, 1.54) is 0 Å². The van der Waals surface area contributed by atoms with Crippen LogP contribution < -0.4 is 0 Å². The molecular weight excluding hydrogens is 232 g/mol. The highest BCUT2D eigenvalue weighted by atomic mass is 15.0. The third kappa shape index (κ3) is 3.28. The van der Waals surface area contributed by atoms with Gasteiger partial charge in [-0.2, -0.15) is 0 Å². The van der Waals surface area contributed by atoms with E-state index in [2.05, 4.69) is 49.6 Å². The Morgan fingerprint density at radius 1 is 1.32 bits per heavy atom. The highest BCUT2D eigenvalue weighted by Gasteiger charge is 2.25. The quantitative estimate of drug-likeness (QED) is 0.626. The summed E-state index contributed by atoms with van der Waals surface area (Å²) in [4.78, 5) is 9.30. The molecule has 0 aliphatic carbocycles. The van der Waals surface area contributed by atoms with Crippen molar-refractivity contribution in [3.05, 3.63) is 60.8 Å². The van der Waals surface area contributed by atoms with Crippen molar-refractivity contribution < 1.29 is 0 Å². The third-order valence-corrected chi connectivity index (χ3v) is 3.05. The van der Waals surface area contributed by atoms with Gasteiger partial charge in [0.2, 0.25) is 0 Å². The van der Waals surface area contributed by atoms with Crippen LogP contribution in [0.5, 0.6) is 0 Å². The minimum atomic E-state index is -0.120. The van der Waals surface area contributed by atoms with Gasteiger partial charge in [0.05, 0.1) is 5.71 Å². The minimum absolute atomic E-state index is 0.120. The molecule has 2 heteroatoms. The Labute approximate surface area is 116 Å². The van der Waals surface area contributed by atoms with Crippen LogP contribution in [0.4, 0.5) is 0 Å². The highest BCUT2D eigenvalue weighted by Crippen LogP contribution is 2.22. The first-order valence-corrected chi connectivity index (χ1v) is 6.52. The first-order chi connectivity index (χ1) is 9.08. The second kappa shape index (κ2) is 6.83. The maximum Gasteiger partial charge on any atom is 0.155 e. The predicted molar refractivity (Wildman–Crippen MR) is 86.0 cm³/mol. The molecule has 0 aromatic rings. The number of amidine groups is 1. The van der Waals surface area contributed by atoms with E-state index < -0.39 is 0 Å². The molecule has 0 saturated heterocycles. The topological polar surface area (TPSA) is 24.7 Å². The normalized spacial score (nSPS) is 19.8. The molecule has 0 fully saturated rings. The molecule has 19 heavy (non-hydrogen) atoms. The van der Waals surface area contributed by atoms with Crippen LogP contribution in [0.25, 0.3) is 0 Å². The van der Waals surface area contributed by atoms with Crippen LogP contribution >= 0.6 is 0 Å². The largest absolute Gasteiger partial charge is 0.251 e. The van der Waals surface area contributed by atoms with E-state index in [1.54, 1.807) is 12.2 Å². The van der Waals surface area contributed by atoms with Gasteiger partial charge in [-0.05, 0) is 31.4 Å². The van der Waals surface area contributed by atoms with Crippen molar-refractivity contribution in [2.75, 3.05) is 0 Å². The van der Waals surface area contributed by atoms with Crippen LogP contribution in [0.1, 0.15) is 27.2 Å². The Morgan fingerprint density at radius 3 is 2.47 bits per heavy atom. The first kappa shape index (κ1) is 15.1. The molecule has 0 bridgehead atoms. The number of rotatable bonds is 6. The molecule has 0 N–H and O–H groups in total. The lowest BCUT2D eigenvalue weighted by Crippen LogP contribution is -2.17. The van der Waals surface area contributed by atoms with E-state index in [4.69, 9.17) is 0 Å². The predicted octanol–water partition coefficient (Wildman–Crippen LogP) is 4.44. The maximum atomic E-state index is 4.65. The standard InChI is InChI=1S/C17H22N2/c1-7-11-13(6)16-15(12(5)8-2)18-17(19-16)14(9-3)10-4/h8-11,15H,2-3,5,7H2,1,4,6H3/b13-11+,14-10+. The van der Waals surface area contributed by atoms with Crippen LogP contribution in [-0.4, -0.2) is 17.6 Å². The molecule has 1 heterocycles. The molecule has 0 amide bonds. The minimum Gasteiger partial charge on any atom is -0.251 e. The lowest BCUT2D eigenvalue weighted by molar-refractivity contribution is 1.05. The zero-order valence-corrected chi connectivity index (χ0v) is 12.1. The zero-order chi connectivity index (χ0) is 14.4. The Morgan fingerprint density at radius 2 is 2.00 bits per heavy atom. The lowest BCUT2D eigenvalue weighted by atomic mass is 9.99. The van der Waals surface area contributed by atoms with Crippen molar-refractivity contribution >= 4 is 11.5 Å². The van der Waals surface area contributed by atoms with Gasteiger partial charge in [-0.15, -0.1) is 0 Å². The van der Waals surface area contributed by atoms with E-state index in [-0.39, 0.29) is 6.04 Å². The van der Waals surface area contributed by atoms with E-state index in [9.17, 15) is 0 Å². The van der Waals surface area contributed by atoms with Gasteiger partial charge in [0.15, 0.2) is 5.84 Å². The molecule has 0 aromatic carbocycles. The maximum absolute atomic E-state index is 4.65. The molecule has 0 aromatic heterocycles. The van der Waals surface area contributed by atoms with Crippen molar-refractivity contribution in [1.82, 2.24) is 0 Å². The van der Waals surface area contributed by atoms with Crippen molar-refractivity contribution in [3.63, 3.8) is 0 Å². The van der Waals surface area contributed by atoms with Crippen LogP contribution in [-0.2, 0) is 0 Å². The molecular formula is C17H22N2. The van der Waals surface area contributed by atoms with Gasteiger partial charge < -0.3 is 0 Å². The van der Waals surface area contributed by atoms with Crippen LogP contribution in [0.3, 0.4) is 0 Å². The molecule has 1 atom stereocenters. The summed E-state index contributed by atoms with van der Waals surface area (Å²) >= 11 is 0. The van der Waals surface area contributed by atoms with Gasteiger partial charge in [0.25, 0.3) is 0 Å². The molecule has 100 valence electrons. The van der Waals surface area contributed by atoms with Crippen molar-refractivity contribution in [1.29, 1.82) is 0 Å². The summed E-state index contributed by atoms with van der Waals surface area (Å²) in [7, 11) is 0. The van der Waals surface area contributed by atoms with Gasteiger partial charge in [0, 0.05) is 5.57 Å². The average molecular weight is 254 g/mol. The van der Waals surface area contributed by atoms with E-state index in [0.717, 1.165) is 34.7 Å². The van der Waals surface area contributed by atoms with E-state index >= 15 is 0 Å². The molecule has 0 radical (unpaired) electrons. The number of hydrogen-bond acceptors (Lipinski definition) is 2. The summed E-state index contributed by atoms with van der Waals surface area (Å²) in [6.07, 6.45) is 8.62. The highest BCUT2D eigenvalue weighted by molar-refractivity contribution is 6.20. The summed E-state index contributed by atoms with van der Waals surface area (Å²) in [6.45, 7) is 17.7. The molecule has 1 aliphatic heterocycles. The molecule has 2 nitrogen and oxygen atoms in total. The number of hydrogen-bond donors (Lipinski definition) is 0. The molecule has 0 saturated carbocycles. The summed E-state index contributed by atoms with van der Waals surface area (Å²) in [5, 5.41) is 0. The molecule has 0 spiro atoms. The van der Waals surface area contributed by atoms with Crippen molar-refractivity contribution in [2.24, 2.45) is 9.98 Å². The van der Waals surface area contributed by atoms with Crippen molar-refractivity contribution in [2.45, 2.75) is 33.2 Å². The van der Waals surface area contributed by atoms with Crippen LogP contribution in [0.15, 0.2) is 70.7 Å². The Bertz CT molecular complexity index is 513. The SMILES string of the molecule is C=CC(=C)C1N=C(/C(C=C)=C/C)N=C1/C(C)=C/CC. The van der Waals surface area contributed by atoms with Crippen LogP contribution in [0.2, 0.25) is 0 Å². The van der Waals surface area contributed by atoms with Crippen LogP contribution in [0, 0.1) is 0 Å². The first-order valence-electron chi connectivity index (χ1n) is 6.52. The van der Waals surface area contributed by atoms with Crippen molar-refractivity contribution in [3.8, 4) is 0 Å². The molecule has 1 rings (SSSR count). The monoisotopic (exact) mass is 254 g/mol. The number of aliphatic imine (C=N–C) groups is 2. The van der Waals surface area contributed by atoms with Gasteiger partial charge in [-0.1, -0.05) is 51.0 Å². The fourth-order valence-corrected chi connectivity index (χ4v) is 1.95. The summed E-state index contributed by atoms with van der Waals surface area (Å²) in [5.41, 5.74) is 3.93. The van der Waals surface area contributed by atoms with Gasteiger partial charge in [0.1, 0.15) is 6.04 Å². The third-order valence-electron chi connectivity index (χ3n) is 3.05. The zero-order valence-electron chi connectivity index (χ0n) is 12.1. The Hall–Kier alpha value is -1.96. The number of nitrogens with zero attached hydrogens (tertiary/aromatic N) is 2. The Kier molecular flexibility index (Phi) is 5.43. The fraction of sp³-hybridized carbons (Fsp3) is 0.294. The second-order valence-electron chi connectivity index (χ2n) is 4.37. The fourth-order valence-electron chi connectivity index (χ4n) is 1.95. The molecule has 1 unspecified atom stereocenters. The number of allylic oxidation sites excluding steroid dienone is 2.